The summed E-state index contributed by atoms with van der Waals surface area (Å²) in [6, 6.07) is 33.7. The summed E-state index contributed by atoms with van der Waals surface area (Å²) < 4.78 is 8.25. The Hall–Kier alpha value is -3.71. The predicted octanol–water partition coefficient (Wildman–Crippen LogP) is 3.72. The number of ether oxygens (including phenoxy) is 1. The first-order valence-corrected chi connectivity index (χ1v) is 15.1. The van der Waals surface area contributed by atoms with E-state index in [1.807, 2.05) is 30.3 Å². The first-order chi connectivity index (χ1) is 20.7. The summed E-state index contributed by atoms with van der Waals surface area (Å²) in [6.07, 6.45) is 6.97. The van der Waals surface area contributed by atoms with Gasteiger partial charge in [0.15, 0.2) is 6.20 Å². The van der Waals surface area contributed by atoms with Gasteiger partial charge in [0, 0.05) is 55.8 Å². The van der Waals surface area contributed by atoms with E-state index < -0.39 is 6.10 Å². The van der Waals surface area contributed by atoms with Gasteiger partial charge in [-0.1, -0.05) is 72.8 Å². The molecule has 4 aromatic carbocycles. The summed E-state index contributed by atoms with van der Waals surface area (Å²) >= 11 is 0. The molecular weight excluding hydrogens is 598 g/mol. The number of aromatic nitrogens is 1. The van der Waals surface area contributed by atoms with Crippen LogP contribution in [0.15, 0.2) is 103 Å². The zero-order valence-electron chi connectivity index (χ0n) is 25.1. The number of hydrogen-bond acceptors (Lipinski definition) is 4. The van der Waals surface area contributed by atoms with E-state index in [1.54, 1.807) is 0 Å². The molecule has 0 amide bonds. The lowest BCUT2D eigenvalue weighted by molar-refractivity contribution is -0.671. The summed E-state index contributed by atoms with van der Waals surface area (Å²) in [5, 5.41) is 17.3. The molecule has 6 heteroatoms. The van der Waals surface area contributed by atoms with Gasteiger partial charge in [-0.25, -0.2) is 0 Å². The lowest BCUT2D eigenvalue weighted by Gasteiger charge is -2.20. The van der Waals surface area contributed by atoms with Crippen LogP contribution in [0.3, 0.4) is 0 Å². The van der Waals surface area contributed by atoms with Crippen molar-refractivity contribution in [3.05, 3.63) is 114 Å². The highest BCUT2D eigenvalue weighted by atomic mass is 79.9. The summed E-state index contributed by atoms with van der Waals surface area (Å²) in [5.74, 6) is 0.807. The van der Waals surface area contributed by atoms with Crippen molar-refractivity contribution in [2.75, 3.05) is 37.7 Å². The van der Waals surface area contributed by atoms with Crippen molar-refractivity contribution < 1.29 is 31.4 Å². The summed E-state index contributed by atoms with van der Waals surface area (Å²) in [4.78, 5) is 2.36. The number of hydrogen-bond donors (Lipinski definition) is 2. The fraction of sp³-hybridized carbons (Fsp3) is 0.270. The number of fused-ring (bicyclic) bond motifs is 2. The predicted molar refractivity (Wildman–Crippen MR) is 176 cm³/mol. The van der Waals surface area contributed by atoms with Crippen LogP contribution in [-0.4, -0.2) is 44.0 Å². The van der Waals surface area contributed by atoms with Gasteiger partial charge in [0.05, 0.1) is 5.39 Å². The second-order valence-corrected chi connectivity index (χ2v) is 10.6. The van der Waals surface area contributed by atoms with E-state index in [2.05, 4.69) is 114 Å². The number of pyridine rings is 1. The van der Waals surface area contributed by atoms with Crippen LogP contribution in [0.4, 0.5) is 5.69 Å². The number of nitrogens with zero attached hydrogens (tertiary/aromatic N) is 2. The molecule has 0 saturated heterocycles. The van der Waals surface area contributed by atoms with E-state index in [-0.39, 0.29) is 23.6 Å². The molecule has 0 aliphatic carbocycles. The Bertz CT molecular complexity index is 1610. The molecule has 5 nitrogen and oxygen atoms in total. The Morgan fingerprint density at radius 3 is 2.35 bits per heavy atom. The van der Waals surface area contributed by atoms with Crippen molar-refractivity contribution in [3.8, 4) is 5.75 Å². The monoisotopic (exact) mass is 639 g/mol. The molecule has 43 heavy (non-hydrogen) atoms. The fourth-order valence-corrected chi connectivity index (χ4v) is 5.43. The van der Waals surface area contributed by atoms with Gasteiger partial charge >= 0.3 is 0 Å². The number of anilines is 1. The number of halogens is 1. The molecule has 0 spiro atoms. The quantitative estimate of drug-likeness (QED) is 0.144. The normalized spacial score (nSPS) is 12.0. The van der Waals surface area contributed by atoms with Gasteiger partial charge < -0.3 is 37.0 Å². The van der Waals surface area contributed by atoms with Gasteiger partial charge in [0.1, 0.15) is 25.0 Å². The standard InChI is InChI=1S/C37H42N3O2.BrH/c1-3-39(4-2)32-21-18-29(19-22-32)17-20-31-23-26-40(36-15-8-7-13-34(31)36)25-10-24-38-27-33(41)28-42-37-16-9-12-30-11-5-6-14-35(30)37;/h5-9,11-23,26,33,38,41H,3-4,10,24-25,27-28H2,1-2H3;1H/q+1;/p-1. The topological polar surface area (TPSA) is 48.6 Å². The highest BCUT2D eigenvalue weighted by Crippen LogP contribution is 2.25. The number of aliphatic hydroxyl groups excluding tert-OH is 1. The number of aliphatic hydroxyl groups is 1. The van der Waals surface area contributed by atoms with E-state index in [0.29, 0.717) is 6.54 Å². The van der Waals surface area contributed by atoms with Gasteiger partial charge in [-0.2, -0.15) is 4.57 Å². The zero-order chi connectivity index (χ0) is 29.1. The number of para-hydroxylation sites is 1. The molecule has 1 aromatic heterocycles. The van der Waals surface area contributed by atoms with Gasteiger partial charge in [-0.15, -0.1) is 0 Å². The molecule has 1 unspecified atom stereocenters. The number of benzene rings is 4. The lowest BCUT2D eigenvalue weighted by atomic mass is 10.1. The van der Waals surface area contributed by atoms with E-state index in [0.717, 1.165) is 49.1 Å². The van der Waals surface area contributed by atoms with Crippen LogP contribution >= 0.6 is 0 Å². The van der Waals surface area contributed by atoms with E-state index in [1.165, 1.54) is 27.7 Å². The van der Waals surface area contributed by atoms with Crippen molar-refractivity contribution in [3.63, 3.8) is 0 Å². The van der Waals surface area contributed by atoms with Crippen LogP contribution in [0.1, 0.15) is 31.4 Å². The molecule has 1 heterocycles. The largest absolute Gasteiger partial charge is 1.00 e. The van der Waals surface area contributed by atoms with Gasteiger partial charge in [0.25, 0.3) is 0 Å². The Morgan fingerprint density at radius 1 is 0.837 bits per heavy atom. The Labute approximate surface area is 266 Å². The summed E-state index contributed by atoms with van der Waals surface area (Å²) in [6.45, 7) is 8.88. The van der Waals surface area contributed by atoms with Crippen LogP contribution in [-0.2, 0) is 6.54 Å². The molecule has 0 aliphatic rings. The molecule has 0 bridgehead atoms. The zero-order valence-corrected chi connectivity index (χ0v) is 26.7. The van der Waals surface area contributed by atoms with Crippen molar-refractivity contribution in [2.24, 2.45) is 0 Å². The molecule has 0 radical (unpaired) electrons. The first kappa shape index (κ1) is 32.2. The number of nitrogens with one attached hydrogen (secondary N) is 1. The molecule has 1 atom stereocenters. The molecule has 5 rings (SSSR count). The minimum absolute atomic E-state index is 0. The van der Waals surface area contributed by atoms with Crippen LogP contribution in [0.25, 0.3) is 33.8 Å². The maximum absolute atomic E-state index is 10.5. The average molecular weight is 641 g/mol. The van der Waals surface area contributed by atoms with E-state index in [9.17, 15) is 5.11 Å². The number of aryl methyl sites for hydroxylation is 1. The third kappa shape index (κ3) is 8.44. The summed E-state index contributed by atoms with van der Waals surface area (Å²) in [5.41, 5.74) is 4.89. The highest BCUT2D eigenvalue weighted by Gasteiger charge is 2.12. The van der Waals surface area contributed by atoms with E-state index in [4.69, 9.17) is 4.74 Å². The molecule has 0 fully saturated rings. The van der Waals surface area contributed by atoms with Crippen molar-refractivity contribution in [1.29, 1.82) is 0 Å². The van der Waals surface area contributed by atoms with Crippen molar-refractivity contribution >= 4 is 39.5 Å². The highest BCUT2D eigenvalue weighted by molar-refractivity contribution is 5.89. The molecule has 2 N–H and O–H groups in total. The molecule has 0 saturated carbocycles. The van der Waals surface area contributed by atoms with Crippen LogP contribution in [0.2, 0.25) is 0 Å². The van der Waals surface area contributed by atoms with E-state index >= 15 is 0 Å². The summed E-state index contributed by atoms with van der Waals surface area (Å²) in [7, 11) is 0. The second-order valence-electron chi connectivity index (χ2n) is 10.6. The Morgan fingerprint density at radius 2 is 1.56 bits per heavy atom. The first-order valence-electron chi connectivity index (χ1n) is 15.1. The Balaban J connectivity index is 0.00000423. The maximum atomic E-state index is 10.5. The Kier molecular flexibility index (Phi) is 12.2. The lowest BCUT2D eigenvalue weighted by Crippen LogP contribution is -3.00. The minimum atomic E-state index is -0.572. The van der Waals surface area contributed by atoms with Crippen molar-refractivity contribution in [2.45, 2.75) is 32.9 Å². The van der Waals surface area contributed by atoms with Gasteiger partial charge in [0.2, 0.25) is 5.52 Å². The van der Waals surface area contributed by atoms with Crippen molar-refractivity contribution in [1.82, 2.24) is 5.32 Å². The second kappa shape index (κ2) is 16.2. The average Bonchev–Trinajstić information content (AvgIpc) is 3.04. The molecular formula is C37H42BrN3O2. The molecule has 0 aliphatic heterocycles. The van der Waals surface area contributed by atoms with Crippen LogP contribution in [0, 0.1) is 0 Å². The molecule has 5 aromatic rings. The third-order valence-electron chi connectivity index (χ3n) is 7.75. The van der Waals surface area contributed by atoms with Gasteiger partial charge in [-0.3, -0.25) is 0 Å². The third-order valence-corrected chi connectivity index (χ3v) is 7.75. The van der Waals surface area contributed by atoms with Gasteiger partial charge in [-0.05, 0) is 54.6 Å². The van der Waals surface area contributed by atoms with Crippen LogP contribution in [0.5, 0.6) is 5.75 Å². The SMILES string of the molecule is CCN(CC)c1ccc(C=Cc2cc[n+](CCCNCC(O)COc3cccc4ccccc34)c3ccccc23)cc1.[Br-]. The minimum Gasteiger partial charge on any atom is -1.00 e. The fourth-order valence-electron chi connectivity index (χ4n) is 5.43. The van der Waals surface area contributed by atoms with Crippen LogP contribution < -0.4 is 36.5 Å². The smallest absolute Gasteiger partial charge is 0.213 e. The number of rotatable bonds is 14. The molecule has 224 valence electrons. The maximum Gasteiger partial charge on any atom is 0.213 e.